The van der Waals surface area contributed by atoms with Gasteiger partial charge in [-0.3, -0.25) is 10.1 Å². The molecule has 6 nitrogen and oxygen atoms in total. The molecule has 0 aromatic heterocycles. The van der Waals surface area contributed by atoms with Gasteiger partial charge in [-0.1, -0.05) is 18.2 Å². The van der Waals surface area contributed by atoms with Gasteiger partial charge in [-0.25, -0.2) is 4.79 Å². The van der Waals surface area contributed by atoms with Gasteiger partial charge < -0.3 is 9.47 Å². The summed E-state index contributed by atoms with van der Waals surface area (Å²) >= 11 is 3.72. The van der Waals surface area contributed by atoms with E-state index in [4.69, 9.17) is 9.47 Å². The van der Waals surface area contributed by atoms with Crippen LogP contribution in [0.5, 0.6) is 11.5 Å². The minimum Gasteiger partial charge on any atom is -0.493 e. The van der Waals surface area contributed by atoms with Crippen LogP contribution in [0, 0.1) is 10.1 Å². The maximum Gasteiger partial charge on any atom is 0.350 e. The first-order valence-corrected chi connectivity index (χ1v) is 9.56. The first-order chi connectivity index (χ1) is 12.1. The molecular weight excluding hydrogens is 362 g/mol. The fourth-order valence-electron chi connectivity index (χ4n) is 2.43. The summed E-state index contributed by atoms with van der Waals surface area (Å²) in [7, 11) is 1.50. The average molecular weight is 377 g/mol. The number of methoxy groups -OCH3 is 1. The molecule has 8 heteroatoms. The first kappa shape index (κ1) is 17.6. The molecule has 0 aliphatic carbocycles. The number of carbonyl (C=O) groups is 1. The molecule has 1 aliphatic rings. The number of carbonyl (C=O) groups excluding carboxylic acids is 1. The lowest BCUT2D eigenvalue weighted by molar-refractivity contribution is -0.385. The van der Waals surface area contributed by atoms with E-state index in [1.165, 1.54) is 25.3 Å². The number of rotatable bonds is 5. The van der Waals surface area contributed by atoms with Crippen LogP contribution >= 0.6 is 23.5 Å². The second-order valence-corrected chi connectivity index (χ2v) is 7.87. The van der Waals surface area contributed by atoms with Crippen molar-refractivity contribution in [3.8, 4) is 11.5 Å². The van der Waals surface area contributed by atoms with E-state index in [0.29, 0.717) is 10.3 Å². The number of para-hydroxylation sites is 1. The number of nitrogens with zero attached hydrogens (tertiary/aromatic N) is 1. The molecule has 1 aliphatic heterocycles. The summed E-state index contributed by atoms with van der Waals surface area (Å²) in [5, 5.41) is 11.1. The molecule has 2 aromatic carbocycles. The normalized spacial score (nSPS) is 14.3. The summed E-state index contributed by atoms with van der Waals surface area (Å²) in [6, 6.07) is 11.1. The molecule has 0 atom stereocenters. The number of hydrogen-bond donors (Lipinski definition) is 0. The lowest BCUT2D eigenvalue weighted by Gasteiger charge is -2.13. The lowest BCUT2D eigenvalue weighted by atomic mass is 10.2. The van der Waals surface area contributed by atoms with Crippen LogP contribution in [0.1, 0.15) is 20.5 Å². The standard InChI is InChI=1S/C17H15NO5S2/c1-22-15-10-11(17-24-8-9-25-17)6-7-14(15)23-16(19)12-4-2-3-5-13(12)18(20)21/h2-7,10,17H,8-9H2,1H3. The fourth-order valence-corrected chi connectivity index (χ4v) is 5.26. The maximum atomic E-state index is 12.4. The molecular formula is C17H15NO5S2. The van der Waals surface area contributed by atoms with Crippen molar-refractivity contribution in [2.45, 2.75) is 4.58 Å². The van der Waals surface area contributed by atoms with Gasteiger partial charge in [0, 0.05) is 17.6 Å². The van der Waals surface area contributed by atoms with Crippen LogP contribution < -0.4 is 9.47 Å². The second-order valence-electron chi connectivity index (χ2n) is 5.15. The lowest BCUT2D eigenvalue weighted by Crippen LogP contribution is -2.11. The van der Waals surface area contributed by atoms with Crippen LogP contribution in [0.15, 0.2) is 42.5 Å². The van der Waals surface area contributed by atoms with Gasteiger partial charge in [0.2, 0.25) is 0 Å². The average Bonchev–Trinajstić information content (AvgIpc) is 3.16. The van der Waals surface area contributed by atoms with Gasteiger partial charge in [-0.15, -0.1) is 23.5 Å². The Morgan fingerprint density at radius 1 is 1.16 bits per heavy atom. The van der Waals surface area contributed by atoms with Crippen LogP contribution in [0.2, 0.25) is 0 Å². The monoisotopic (exact) mass is 377 g/mol. The molecule has 0 saturated carbocycles. The molecule has 0 spiro atoms. The molecule has 0 amide bonds. The van der Waals surface area contributed by atoms with Crippen molar-refractivity contribution in [1.82, 2.24) is 0 Å². The molecule has 25 heavy (non-hydrogen) atoms. The summed E-state index contributed by atoms with van der Waals surface area (Å²) in [5.74, 6) is 2.08. The molecule has 2 aromatic rings. The van der Waals surface area contributed by atoms with Crippen molar-refractivity contribution in [2.75, 3.05) is 18.6 Å². The molecule has 1 saturated heterocycles. The Bertz CT molecular complexity index is 805. The van der Waals surface area contributed by atoms with E-state index in [-0.39, 0.29) is 17.0 Å². The van der Waals surface area contributed by atoms with Crippen molar-refractivity contribution >= 4 is 35.2 Å². The van der Waals surface area contributed by atoms with Gasteiger partial charge in [-0.05, 0) is 23.8 Å². The van der Waals surface area contributed by atoms with Gasteiger partial charge in [-0.2, -0.15) is 0 Å². The highest BCUT2D eigenvalue weighted by molar-refractivity contribution is 8.19. The summed E-state index contributed by atoms with van der Waals surface area (Å²) in [6.45, 7) is 0. The van der Waals surface area contributed by atoms with Gasteiger partial charge in [0.05, 0.1) is 16.6 Å². The largest absolute Gasteiger partial charge is 0.493 e. The van der Waals surface area contributed by atoms with E-state index in [1.807, 2.05) is 35.7 Å². The molecule has 0 bridgehead atoms. The summed E-state index contributed by atoms with van der Waals surface area (Å²) in [6.07, 6.45) is 0. The van der Waals surface area contributed by atoms with Gasteiger partial charge in [0.15, 0.2) is 11.5 Å². The van der Waals surface area contributed by atoms with Crippen molar-refractivity contribution in [3.05, 3.63) is 63.7 Å². The van der Waals surface area contributed by atoms with E-state index >= 15 is 0 Å². The zero-order chi connectivity index (χ0) is 17.8. The number of ether oxygens (including phenoxy) is 2. The number of nitro groups is 1. The van der Waals surface area contributed by atoms with Crippen LogP contribution in [-0.4, -0.2) is 29.5 Å². The Morgan fingerprint density at radius 3 is 2.56 bits per heavy atom. The molecule has 1 heterocycles. The van der Waals surface area contributed by atoms with E-state index < -0.39 is 10.9 Å². The topological polar surface area (TPSA) is 78.7 Å². The van der Waals surface area contributed by atoms with Gasteiger partial charge in [0.1, 0.15) is 5.56 Å². The summed E-state index contributed by atoms with van der Waals surface area (Å²) in [4.78, 5) is 22.8. The maximum absolute atomic E-state index is 12.4. The van der Waals surface area contributed by atoms with E-state index in [1.54, 1.807) is 12.1 Å². The van der Waals surface area contributed by atoms with Gasteiger partial charge >= 0.3 is 5.97 Å². The predicted octanol–water partition coefficient (Wildman–Crippen LogP) is 4.30. The quantitative estimate of drug-likeness (QED) is 0.333. The molecule has 130 valence electrons. The number of nitro benzene ring substituents is 1. The molecule has 0 radical (unpaired) electrons. The third-order valence-corrected chi connectivity index (χ3v) is 6.71. The Morgan fingerprint density at radius 2 is 1.88 bits per heavy atom. The Labute approximate surface area is 153 Å². The minimum absolute atomic E-state index is 0.0967. The number of esters is 1. The second kappa shape index (κ2) is 7.79. The molecule has 0 N–H and O–H groups in total. The van der Waals surface area contributed by atoms with Crippen molar-refractivity contribution in [3.63, 3.8) is 0 Å². The van der Waals surface area contributed by atoms with Gasteiger partial charge in [0.25, 0.3) is 5.69 Å². The molecule has 3 rings (SSSR count). The van der Waals surface area contributed by atoms with Crippen LogP contribution in [0.4, 0.5) is 5.69 Å². The van der Waals surface area contributed by atoms with Crippen molar-refractivity contribution in [1.29, 1.82) is 0 Å². The summed E-state index contributed by atoms with van der Waals surface area (Å²) in [5.41, 5.74) is 0.706. The highest BCUT2D eigenvalue weighted by atomic mass is 32.2. The van der Waals surface area contributed by atoms with E-state index in [2.05, 4.69) is 0 Å². The third kappa shape index (κ3) is 3.91. The summed E-state index contributed by atoms with van der Waals surface area (Å²) < 4.78 is 11.0. The number of thioether (sulfide) groups is 2. The Kier molecular flexibility index (Phi) is 5.50. The fraction of sp³-hybridized carbons (Fsp3) is 0.235. The van der Waals surface area contributed by atoms with Crippen LogP contribution in [-0.2, 0) is 0 Å². The van der Waals surface area contributed by atoms with Crippen LogP contribution in [0.25, 0.3) is 0 Å². The minimum atomic E-state index is -0.789. The highest BCUT2D eigenvalue weighted by Crippen LogP contribution is 2.47. The third-order valence-electron chi connectivity index (χ3n) is 3.60. The number of benzene rings is 2. The Hall–Kier alpha value is -2.19. The first-order valence-electron chi connectivity index (χ1n) is 7.47. The molecule has 0 unspecified atom stereocenters. The zero-order valence-corrected chi connectivity index (χ0v) is 15.0. The predicted molar refractivity (Wildman–Crippen MR) is 98.7 cm³/mol. The SMILES string of the molecule is COc1cc(C2SCCS2)ccc1OC(=O)c1ccccc1[N+](=O)[O-]. The number of hydrogen-bond acceptors (Lipinski definition) is 7. The van der Waals surface area contributed by atoms with E-state index in [0.717, 1.165) is 17.1 Å². The Balaban J connectivity index is 1.85. The van der Waals surface area contributed by atoms with Crippen LogP contribution in [0.3, 0.4) is 0 Å². The molecule has 1 fully saturated rings. The van der Waals surface area contributed by atoms with E-state index in [9.17, 15) is 14.9 Å². The van der Waals surface area contributed by atoms with Crippen molar-refractivity contribution in [2.24, 2.45) is 0 Å². The zero-order valence-electron chi connectivity index (χ0n) is 13.3. The smallest absolute Gasteiger partial charge is 0.350 e. The van der Waals surface area contributed by atoms with Crippen molar-refractivity contribution < 1.29 is 19.2 Å². The highest BCUT2D eigenvalue weighted by Gasteiger charge is 2.24.